The fourth-order valence-electron chi connectivity index (χ4n) is 4.73. The minimum atomic E-state index is -0.274. The van der Waals surface area contributed by atoms with Crippen molar-refractivity contribution in [1.82, 2.24) is 19.7 Å². The summed E-state index contributed by atoms with van der Waals surface area (Å²) < 4.78 is 21.8. The van der Waals surface area contributed by atoms with Crippen LogP contribution in [0, 0.1) is 12.7 Å². The summed E-state index contributed by atoms with van der Waals surface area (Å²) in [5.74, 6) is -0.274. The molecule has 5 nitrogen and oxygen atoms in total. The predicted octanol–water partition coefficient (Wildman–Crippen LogP) is 5.72. The maximum absolute atomic E-state index is 14.0. The Bertz CT molecular complexity index is 1480. The number of fused-ring (bicyclic) bond motifs is 2. The third-order valence-corrected chi connectivity index (χ3v) is 6.48. The molecule has 0 aliphatic carbocycles. The predicted molar refractivity (Wildman–Crippen MR) is 132 cm³/mol. The van der Waals surface area contributed by atoms with Crippen molar-refractivity contribution in [3.63, 3.8) is 0 Å². The molecule has 0 amide bonds. The number of aryl methyl sites for hydroxylation is 1. The highest BCUT2D eigenvalue weighted by Crippen LogP contribution is 2.31. The number of hydrogen-bond acceptors (Lipinski definition) is 4. The van der Waals surface area contributed by atoms with E-state index in [0.717, 1.165) is 64.2 Å². The Morgan fingerprint density at radius 1 is 1.03 bits per heavy atom. The average Bonchev–Trinajstić information content (AvgIpc) is 3.08. The first kappa shape index (κ1) is 21.0. The van der Waals surface area contributed by atoms with Gasteiger partial charge >= 0.3 is 0 Å². The summed E-state index contributed by atoms with van der Waals surface area (Å²) >= 11 is 0. The Hall–Kier alpha value is -3.61. The van der Waals surface area contributed by atoms with Gasteiger partial charge < -0.3 is 10.1 Å². The summed E-state index contributed by atoms with van der Waals surface area (Å²) in [6.45, 7) is 4.45. The van der Waals surface area contributed by atoms with E-state index in [9.17, 15) is 4.39 Å². The highest BCUT2D eigenvalue weighted by Gasteiger charge is 2.15. The maximum atomic E-state index is 14.0. The molecule has 5 aromatic rings. The topological polar surface area (TPSA) is 51.5 Å². The highest BCUT2D eigenvalue weighted by atomic mass is 19.1. The van der Waals surface area contributed by atoms with Crippen molar-refractivity contribution in [3.8, 4) is 22.4 Å². The van der Waals surface area contributed by atoms with Gasteiger partial charge in [-0.3, -0.25) is 9.38 Å². The molecule has 1 saturated heterocycles. The molecule has 6 rings (SSSR count). The first-order valence-electron chi connectivity index (χ1n) is 11.6. The molecule has 0 spiro atoms. The van der Waals surface area contributed by atoms with Crippen molar-refractivity contribution in [3.05, 3.63) is 90.1 Å². The normalized spacial score (nSPS) is 16.7. The zero-order chi connectivity index (χ0) is 23.1. The number of halogens is 1. The SMILES string of the molecule is Cc1cc(-c2cnc3cc(-c4ccc(C5COCCCN5)cc4)ccn23)c2cc(F)ccc2n1. The third-order valence-electron chi connectivity index (χ3n) is 6.48. The molecule has 170 valence electrons. The van der Waals surface area contributed by atoms with E-state index in [2.05, 4.69) is 51.7 Å². The van der Waals surface area contributed by atoms with Gasteiger partial charge in [0.2, 0.25) is 0 Å². The van der Waals surface area contributed by atoms with Crippen LogP contribution in [0.15, 0.2) is 73.1 Å². The van der Waals surface area contributed by atoms with Crippen LogP contribution < -0.4 is 5.32 Å². The number of nitrogens with zero attached hydrogens (tertiary/aromatic N) is 3. The maximum Gasteiger partial charge on any atom is 0.137 e. The van der Waals surface area contributed by atoms with Gasteiger partial charge in [0, 0.05) is 29.4 Å². The number of aromatic nitrogens is 3. The number of rotatable bonds is 3. The van der Waals surface area contributed by atoms with Gasteiger partial charge in [0.1, 0.15) is 11.5 Å². The molecular formula is C28H25FN4O. The molecule has 3 aromatic heterocycles. The van der Waals surface area contributed by atoms with E-state index in [1.54, 1.807) is 12.1 Å². The molecule has 1 aliphatic rings. The van der Waals surface area contributed by atoms with Crippen LogP contribution in [0.3, 0.4) is 0 Å². The monoisotopic (exact) mass is 452 g/mol. The van der Waals surface area contributed by atoms with Crippen LogP contribution in [0.4, 0.5) is 4.39 Å². The zero-order valence-electron chi connectivity index (χ0n) is 19.0. The number of benzene rings is 2. The van der Waals surface area contributed by atoms with Crippen molar-refractivity contribution in [2.75, 3.05) is 19.8 Å². The van der Waals surface area contributed by atoms with Gasteiger partial charge in [-0.1, -0.05) is 24.3 Å². The largest absolute Gasteiger partial charge is 0.379 e. The highest BCUT2D eigenvalue weighted by molar-refractivity contribution is 5.94. The Morgan fingerprint density at radius 3 is 2.79 bits per heavy atom. The number of imidazole rings is 1. The Balaban J connectivity index is 1.36. The summed E-state index contributed by atoms with van der Waals surface area (Å²) in [6, 6.07) is 19.8. The van der Waals surface area contributed by atoms with Gasteiger partial charge in [-0.15, -0.1) is 0 Å². The molecule has 1 fully saturated rings. The minimum Gasteiger partial charge on any atom is -0.379 e. The molecule has 0 radical (unpaired) electrons. The molecule has 1 atom stereocenters. The molecule has 1 N–H and O–H groups in total. The van der Waals surface area contributed by atoms with E-state index >= 15 is 0 Å². The molecule has 1 aliphatic heterocycles. The fourth-order valence-corrected chi connectivity index (χ4v) is 4.73. The fraction of sp³-hybridized carbons (Fsp3) is 0.214. The van der Waals surface area contributed by atoms with Crippen molar-refractivity contribution in [2.45, 2.75) is 19.4 Å². The lowest BCUT2D eigenvalue weighted by molar-refractivity contribution is 0.131. The van der Waals surface area contributed by atoms with Crippen molar-refractivity contribution >= 4 is 16.6 Å². The summed E-state index contributed by atoms with van der Waals surface area (Å²) in [5, 5.41) is 4.33. The van der Waals surface area contributed by atoms with E-state index in [-0.39, 0.29) is 11.9 Å². The molecule has 0 saturated carbocycles. The first-order chi connectivity index (χ1) is 16.7. The molecule has 6 heteroatoms. The van der Waals surface area contributed by atoms with Gasteiger partial charge in [0.25, 0.3) is 0 Å². The van der Waals surface area contributed by atoms with E-state index < -0.39 is 0 Å². The molecule has 2 aromatic carbocycles. The van der Waals surface area contributed by atoms with Crippen LogP contribution in [0.1, 0.15) is 23.7 Å². The second-order valence-corrected chi connectivity index (χ2v) is 8.82. The van der Waals surface area contributed by atoms with E-state index in [4.69, 9.17) is 4.74 Å². The summed E-state index contributed by atoms with van der Waals surface area (Å²) in [6.07, 6.45) is 4.92. The van der Waals surface area contributed by atoms with Gasteiger partial charge in [-0.25, -0.2) is 9.37 Å². The second kappa shape index (κ2) is 8.63. The molecule has 4 heterocycles. The van der Waals surface area contributed by atoms with Crippen molar-refractivity contribution in [2.24, 2.45) is 0 Å². The zero-order valence-corrected chi connectivity index (χ0v) is 19.0. The Kier molecular flexibility index (Phi) is 5.32. The molecular weight excluding hydrogens is 427 g/mol. The Morgan fingerprint density at radius 2 is 1.91 bits per heavy atom. The van der Waals surface area contributed by atoms with Gasteiger partial charge in [0.05, 0.1) is 30.1 Å². The third kappa shape index (κ3) is 3.85. The number of nitrogens with one attached hydrogen (secondary N) is 1. The van der Waals surface area contributed by atoms with Crippen molar-refractivity contribution < 1.29 is 9.13 Å². The standard InChI is InChI=1S/C28H25FN4O/c1-18-13-24(23-15-22(29)7-8-25(23)32-18)27-16-31-28-14-21(9-11-33(27)28)19-3-5-20(6-4-19)26-17-34-12-2-10-30-26/h3-9,11,13-16,26,30H,2,10,12,17H2,1H3. The van der Waals surface area contributed by atoms with Gasteiger partial charge in [0.15, 0.2) is 0 Å². The second-order valence-electron chi connectivity index (χ2n) is 8.82. The van der Waals surface area contributed by atoms with E-state index in [1.807, 2.05) is 29.8 Å². The minimum absolute atomic E-state index is 0.234. The van der Waals surface area contributed by atoms with Gasteiger partial charge in [-0.2, -0.15) is 0 Å². The molecule has 34 heavy (non-hydrogen) atoms. The van der Waals surface area contributed by atoms with Crippen LogP contribution in [-0.4, -0.2) is 34.1 Å². The van der Waals surface area contributed by atoms with E-state index in [0.29, 0.717) is 6.61 Å². The summed E-state index contributed by atoms with van der Waals surface area (Å²) in [7, 11) is 0. The van der Waals surface area contributed by atoms with Crippen LogP contribution in [0.25, 0.3) is 38.9 Å². The number of pyridine rings is 2. The quantitative estimate of drug-likeness (QED) is 0.381. The van der Waals surface area contributed by atoms with Crippen LogP contribution in [0.5, 0.6) is 0 Å². The van der Waals surface area contributed by atoms with Gasteiger partial charge in [-0.05, 0) is 73.0 Å². The number of ether oxygens (including phenoxy) is 1. The van der Waals surface area contributed by atoms with Crippen LogP contribution >= 0.6 is 0 Å². The number of hydrogen-bond donors (Lipinski definition) is 1. The van der Waals surface area contributed by atoms with Crippen LogP contribution in [0.2, 0.25) is 0 Å². The van der Waals surface area contributed by atoms with E-state index in [1.165, 1.54) is 11.6 Å². The lowest BCUT2D eigenvalue weighted by Crippen LogP contribution is -2.23. The Labute approximate surface area is 197 Å². The lowest BCUT2D eigenvalue weighted by atomic mass is 10.0. The summed E-state index contributed by atoms with van der Waals surface area (Å²) in [4.78, 5) is 9.22. The smallest absolute Gasteiger partial charge is 0.137 e. The summed E-state index contributed by atoms with van der Waals surface area (Å²) in [5.41, 5.74) is 7.81. The lowest BCUT2D eigenvalue weighted by Gasteiger charge is -2.16. The molecule has 1 unspecified atom stereocenters. The molecule has 0 bridgehead atoms. The van der Waals surface area contributed by atoms with Crippen molar-refractivity contribution in [1.29, 1.82) is 0 Å². The van der Waals surface area contributed by atoms with Crippen LogP contribution in [-0.2, 0) is 4.74 Å². The average molecular weight is 453 g/mol. The first-order valence-corrected chi connectivity index (χ1v) is 11.6.